The zero-order chi connectivity index (χ0) is 21.9. The Morgan fingerprint density at radius 3 is 1.87 bits per heavy atom. The number of hydrogen-bond donors (Lipinski definition) is 1. The summed E-state index contributed by atoms with van der Waals surface area (Å²) in [4.78, 5) is 39.7. The highest BCUT2D eigenvalue weighted by Crippen LogP contribution is 2.23. The van der Waals surface area contributed by atoms with Crippen LogP contribution in [-0.4, -0.2) is 64.7 Å². The molecule has 0 aliphatic carbocycles. The van der Waals surface area contributed by atoms with Crippen LogP contribution in [0.15, 0.2) is 48.5 Å². The van der Waals surface area contributed by atoms with Crippen molar-refractivity contribution in [1.82, 2.24) is 9.80 Å². The number of aromatic carboxylic acids is 1. The molecule has 0 bridgehead atoms. The zero-order valence-corrected chi connectivity index (χ0v) is 17.4. The maximum absolute atomic E-state index is 13.0. The van der Waals surface area contributed by atoms with Crippen LogP contribution < -0.4 is 0 Å². The molecule has 1 aliphatic rings. The zero-order valence-electron chi connectivity index (χ0n) is 17.4. The molecule has 0 aromatic heterocycles. The van der Waals surface area contributed by atoms with Gasteiger partial charge in [0.15, 0.2) is 0 Å². The minimum absolute atomic E-state index is 0.116. The number of benzene rings is 2. The van der Waals surface area contributed by atoms with E-state index in [1.165, 1.54) is 6.07 Å². The van der Waals surface area contributed by atoms with Gasteiger partial charge in [0.1, 0.15) is 5.60 Å². The summed E-state index contributed by atoms with van der Waals surface area (Å²) >= 11 is 0. The van der Waals surface area contributed by atoms with Gasteiger partial charge in [0.05, 0.1) is 5.56 Å². The summed E-state index contributed by atoms with van der Waals surface area (Å²) < 4.78 is 5.39. The van der Waals surface area contributed by atoms with Gasteiger partial charge in [0.2, 0.25) is 0 Å². The van der Waals surface area contributed by atoms with E-state index in [9.17, 15) is 19.5 Å². The highest BCUT2D eigenvalue weighted by molar-refractivity contribution is 5.96. The molecule has 1 N–H and O–H groups in total. The van der Waals surface area contributed by atoms with Crippen molar-refractivity contribution in [3.63, 3.8) is 0 Å². The van der Waals surface area contributed by atoms with Gasteiger partial charge in [0, 0.05) is 31.7 Å². The number of ether oxygens (including phenoxy) is 1. The van der Waals surface area contributed by atoms with Gasteiger partial charge in [-0.25, -0.2) is 9.59 Å². The average Bonchev–Trinajstić information content (AvgIpc) is 2.72. The van der Waals surface area contributed by atoms with Crippen molar-refractivity contribution in [2.45, 2.75) is 26.4 Å². The Kier molecular flexibility index (Phi) is 6.10. The smallest absolute Gasteiger partial charge is 0.410 e. The number of piperazine rings is 1. The third-order valence-electron chi connectivity index (χ3n) is 4.77. The third kappa shape index (κ3) is 5.17. The van der Waals surface area contributed by atoms with E-state index >= 15 is 0 Å². The highest BCUT2D eigenvalue weighted by Gasteiger charge is 2.28. The molecule has 2 aromatic carbocycles. The molecule has 158 valence electrons. The lowest BCUT2D eigenvalue weighted by molar-refractivity contribution is 0.0141. The van der Waals surface area contributed by atoms with Crippen molar-refractivity contribution >= 4 is 18.0 Å². The van der Waals surface area contributed by atoms with Gasteiger partial charge >= 0.3 is 12.1 Å². The van der Waals surface area contributed by atoms with E-state index in [-0.39, 0.29) is 17.6 Å². The SMILES string of the molecule is CC(C)(C)OC(=O)N1CCN(C(=O)c2cccc(-c3cccc(C(=O)O)c3)c2)CC1. The van der Waals surface area contributed by atoms with Gasteiger partial charge in [-0.2, -0.15) is 0 Å². The predicted molar refractivity (Wildman–Crippen MR) is 113 cm³/mol. The Bertz CT molecular complexity index is 956. The van der Waals surface area contributed by atoms with E-state index in [2.05, 4.69) is 0 Å². The Balaban J connectivity index is 1.69. The Labute approximate surface area is 175 Å². The lowest BCUT2D eigenvalue weighted by atomic mass is 10.0. The Morgan fingerprint density at radius 1 is 0.833 bits per heavy atom. The molecule has 3 rings (SSSR count). The molecular formula is C23H26N2O5. The fourth-order valence-electron chi connectivity index (χ4n) is 3.26. The van der Waals surface area contributed by atoms with Crippen LogP contribution in [0.4, 0.5) is 4.79 Å². The monoisotopic (exact) mass is 410 g/mol. The summed E-state index contributed by atoms with van der Waals surface area (Å²) in [5, 5.41) is 9.19. The number of carboxylic acids is 1. The molecule has 0 unspecified atom stereocenters. The minimum Gasteiger partial charge on any atom is -0.478 e. The fraction of sp³-hybridized carbons (Fsp3) is 0.348. The number of rotatable bonds is 3. The number of hydrogen-bond acceptors (Lipinski definition) is 4. The summed E-state index contributed by atoms with van der Waals surface area (Å²) in [6, 6.07) is 13.8. The lowest BCUT2D eigenvalue weighted by Gasteiger charge is -2.35. The molecule has 0 radical (unpaired) electrons. The molecule has 30 heavy (non-hydrogen) atoms. The molecule has 0 saturated carbocycles. The summed E-state index contributed by atoms with van der Waals surface area (Å²) in [5.41, 5.74) is 1.68. The number of carbonyl (C=O) groups excluding carboxylic acids is 2. The van der Waals surface area contributed by atoms with Crippen molar-refractivity contribution in [1.29, 1.82) is 0 Å². The van der Waals surface area contributed by atoms with E-state index in [0.717, 1.165) is 11.1 Å². The van der Waals surface area contributed by atoms with Crippen LogP contribution in [0.5, 0.6) is 0 Å². The lowest BCUT2D eigenvalue weighted by Crippen LogP contribution is -2.51. The van der Waals surface area contributed by atoms with Crippen molar-refractivity contribution in [2.75, 3.05) is 26.2 Å². The topological polar surface area (TPSA) is 87.2 Å². The van der Waals surface area contributed by atoms with Gasteiger partial charge < -0.3 is 19.6 Å². The molecule has 1 fully saturated rings. The Hall–Kier alpha value is -3.35. The van der Waals surface area contributed by atoms with Crippen molar-refractivity contribution in [3.05, 3.63) is 59.7 Å². The van der Waals surface area contributed by atoms with Crippen LogP contribution in [0.1, 0.15) is 41.5 Å². The standard InChI is InChI=1S/C23H26N2O5/c1-23(2,3)30-22(29)25-12-10-24(11-13-25)20(26)18-8-4-6-16(14-18)17-7-5-9-19(15-17)21(27)28/h4-9,14-15H,10-13H2,1-3H3,(H,27,28). The molecule has 2 amide bonds. The first kappa shape index (κ1) is 21.4. The van der Waals surface area contributed by atoms with Crippen LogP contribution in [0.3, 0.4) is 0 Å². The van der Waals surface area contributed by atoms with E-state index in [1.54, 1.807) is 40.1 Å². The maximum Gasteiger partial charge on any atom is 0.410 e. The fourth-order valence-corrected chi connectivity index (χ4v) is 3.26. The van der Waals surface area contributed by atoms with Gasteiger partial charge in [-0.1, -0.05) is 24.3 Å². The summed E-state index contributed by atoms with van der Waals surface area (Å²) in [6.07, 6.45) is -0.366. The molecule has 0 atom stereocenters. The van der Waals surface area contributed by atoms with Gasteiger partial charge in [-0.05, 0) is 56.2 Å². The highest BCUT2D eigenvalue weighted by atomic mass is 16.6. The predicted octanol–water partition coefficient (Wildman–Crippen LogP) is 3.74. The molecule has 7 nitrogen and oxygen atoms in total. The van der Waals surface area contributed by atoms with Crippen LogP contribution in [-0.2, 0) is 4.74 Å². The average molecular weight is 410 g/mol. The molecule has 0 spiro atoms. The first-order chi connectivity index (χ1) is 14.1. The van der Waals surface area contributed by atoms with E-state index < -0.39 is 11.6 Å². The van der Waals surface area contributed by atoms with Crippen molar-refractivity contribution in [2.24, 2.45) is 0 Å². The summed E-state index contributed by atoms with van der Waals surface area (Å²) in [7, 11) is 0. The number of carboxylic acid groups (broad SMARTS) is 1. The van der Waals surface area contributed by atoms with E-state index in [1.807, 2.05) is 32.9 Å². The van der Waals surface area contributed by atoms with Crippen molar-refractivity contribution in [3.8, 4) is 11.1 Å². The molecule has 1 aliphatic heterocycles. The van der Waals surface area contributed by atoms with E-state index in [0.29, 0.717) is 31.7 Å². The first-order valence-electron chi connectivity index (χ1n) is 9.85. The molecule has 7 heteroatoms. The van der Waals surface area contributed by atoms with Crippen LogP contribution in [0.2, 0.25) is 0 Å². The van der Waals surface area contributed by atoms with Gasteiger partial charge in [-0.15, -0.1) is 0 Å². The van der Waals surface area contributed by atoms with Gasteiger partial charge in [0.25, 0.3) is 5.91 Å². The molecule has 1 heterocycles. The molecule has 2 aromatic rings. The number of amides is 2. The van der Waals surface area contributed by atoms with Crippen LogP contribution in [0.25, 0.3) is 11.1 Å². The summed E-state index contributed by atoms with van der Waals surface area (Å²) in [6.45, 7) is 7.16. The Morgan fingerprint density at radius 2 is 1.33 bits per heavy atom. The molecular weight excluding hydrogens is 384 g/mol. The number of nitrogens with zero attached hydrogens (tertiary/aromatic N) is 2. The maximum atomic E-state index is 13.0. The number of carbonyl (C=O) groups is 3. The van der Waals surface area contributed by atoms with Crippen LogP contribution >= 0.6 is 0 Å². The largest absolute Gasteiger partial charge is 0.478 e. The van der Waals surface area contributed by atoms with E-state index in [4.69, 9.17) is 4.74 Å². The quantitative estimate of drug-likeness (QED) is 0.833. The van der Waals surface area contributed by atoms with Crippen molar-refractivity contribution < 1.29 is 24.2 Å². The van der Waals surface area contributed by atoms with Gasteiger partial charge in [-0.3, -0.25) is 4.79 Å². The first-order valence-corrected chi connectivity index (χ1v) is 9.85. The van der Waals surface area contributed by atoms with Crippen LogP contribution in [0, 0.1) is 0 Å². The molecule has 1 saturated heterocycles. The second-order valence-corrected chi connectivity index (χ2v) is 8.23. The summed E-state index contributed by atoms with van der Waals surface area (Å²) in [5.74, 6) is -1.11. The second-order valence-electron chi connectivity index (χ2n) is 8.23. The second kappa shape index (κ2) is 8.57. The third-order valence-corrected chi connectivity index (χ3v) is 4.77. The minimum atomic E-state index is -0.994. The normalized spacial score (nSPS) is 14.4.